The summed E-state index contributed by atoms with van der Waals surface area (Å²) in [5.74, 6) is 1.19. The fourth-order valence-corrected chi connectivity index (χ4v) is 2.56. The zero-order valence-corrected chi connectivity index (χ0v) is 11.0. The van der Waals surface area contributed by atoms with E-state index in [0.29, 0.717) is 0 Å². The van der Waals surface area contributed by atoms with Crippen molar-refractivity contribution in [2.45, 2.75) is 19.3 Å². The molecule has 2 N–H and O–H groups in total. The topological polar surface area (TPSA) is 27.3 Å². The molecule has 1 aromatic rings. The first kappa shape index (κ1) is 12.7. The Balaban J connectivity index is 0.000000181. The van der Waals surface area contributed by atoms with Gasteiger partial charge in [-0.3, -0.25) is 0 Å². The number of hydrazine groups is 1. The van der Waals surface area contributed by atoms with Gasteiger partial charge in [0.05, 0.1) is 0 Å². The van der Waals surface area contributed by atoms with E-state index in [1.54, 1.807) is 11.9 Å². The molecule has 0 saturated carbocycles. The van der Waals surface area contributed by atoms with E-state index in [0.717, 1.165) is 6.54 Å². The normalized spacial score (nSPS) is 19.6. The van der Waals surface area contributed by atoms with E-state index in [4.69, 9.17) is 0 Å². The van der Waals surface area contributed by atoms with Crippen LogP contribution in [-0.4, -0.2) is 25.4 Å². The fourth-order valence-electron chi connectivity index (χ4n) is 2.05. The molecule has 4 heteroatoms. The summed E-state index contributed by atoms with van der Waals surface area (Å²) in [6, 6.07) is 10.7. The average Bonchev–Trinajstić information content (AvgIpc) is 3.00. The van der Waals surface area contributed by atoms with Gasteiger partial charge in [-0.05, 0) is 31.4 Å². The van der Waals surface area contributed by atoms with Crippen molar-refractivity contribution in [1.82, 2.24) is 10.3 Å². The van der Waals surface area contributed by atoms with Gasteiger partial charge < -0.3 is 4.90 Å². The van der Waals surface area contributed by atoms with Gasteiger partial charge in [0, 0.05) is 31.1 Å². The van der Waals surface area contributed by atoms with E-state index in [-0.39, 0.29) is 0 Å². The van der Waals surface area contributed by atoms with Crippen molar-refractivity contribution in [3.05, 3.63) is 30.3 Å². The molecule has 0 aliphatic carbocycles. The van der Waals surface area contributed by atoms with Crippen LogP contribution in [-0.2, 0) is 0 Å². The van der Waals surface area contributed by atoms with Gasteiger partial charge in [-0.25, -0.2) is 10.3 Å². The highest BCUT2D eigenvalue weighted by Gasteiger charge is 2.09. The second-order valence-electron chi connectivity index (χ2n) is 4.26. The third kappa shape index (κ3) is 4.58. The Kier molecular flexibility index (Phi) is 5.68. The molecule has 1 aromatic carbocycles. The summed E-state index contributed by atoms with van der Waals surface area (Å²) >= 11 is 1.71. The van der Waals surface area contributed by atoms with Crippen molar-refractivity contribution in [1.29, 1.82) is 0 Å². The SMILES string of the molecule is C1CSNN1.c1ccc(N2CCCCC2)cc1. The smallest absolute Gasteiger partial charge is 0.0366 e. The van der Waals surface area contributed by atoms with Crippen LogP contribution in [0, 0.1) is 0 Å². The maximum atomic E-state index is 2.94. The molecule has 2 aliphatic rings. The van der Waals surface area contributed by atoms with Crippen LogP contribution in [0.15, 0.2) is 30.3 Å². The third-order valence-electron chi connectivity index (χ3n) is 2.95. The Morgan fingerprint density at radius 3 is 2.29 bits per heavy atom. The lowest BCUT2D eigenvalue weighted by Crippen LogP contribution is -2.29. The monoisotopic (exact) mass is 251 g/mol. The van der Waals surface area contributed by atoms with Gasteiger partial charge in [0.2, 0.25) is 0 Å². The van der Waals surface area contributed by atoms with Crippen LogP contribution in [0.25, 0.3) is 0 Å². The standard InChI is InChI=1S/C11H15N.C2H6N2S/c1-3-7-11(8-4-1)12-9-5-2-6-10-12;1-2-5-4-3-1/h1,3-4,7-8H,2,5-6,9-10H2;3-4H,1-2H2. The highest BCUT2D eigenvalue weighted by atomic mass is 32.2. The first-order chi connectivity index (χ1) is 8.47. The Hall–Kier alpha value is -0.710. The number of hydrogen-bond donors (Lipinski definition) is 2. The number of benzene rings is 1. The minimum atomic E-state index is 1.10. The van der Waals surface area contributed by atoms with Gasteiger partial charge in [-0.2, -0.15) is 0 Å². The van der Waals surface area contributed by atoms with Crippen molar-refractivity contribution < 1.29 is 0 Å². The van der Waals surface area contributed by atoms with E-state index in [1.165, 1.54) is 43.8 Å². The molecule has 94 valence electrons. The zero-order valence-electron chi connectivity index (χ0n) is 10.2. The summed E-state index contributed by atoms with van der Waals surface area (Å²) in [6.07, 6.45) is 4.12. The first-order valence-electron chi connectivity index (χ1n) is 6.36. The summed E-state index contributed by atoms with van der Waals surface area (Å²) in [4.78, 5) is 5.36. The predicted molar refractivity (Wildman–Crippen MR) is 76.1 cm³/mol. The molecule has 0 atom stereocenters. The average molecular weight is 251 g/mol. The molecule has 3 rings (SSSR count). The quantitative estimate of drug-likeness (QED) is 0.750. The Morgan fingerprint density at radius 1 is 1.00 bits per heavy atom. The van der Waals surface area contributed by atoms with E-state index in [2.05, 4.69) is 45.5 Å². The molecule has 2 heterocycles. The molecule has 0 amide bonds. The largest absolute Gasteiger partial charge is 0.372 e. The van der Waals surface area contributed by atoms with Gasteiger partial charge in [0.1, 0.15) is 0 Å². The number of anilines is 1. The molecule has 17 heavy (non-hydrogen) atoms. The van der Waals surface area contributed by atoms with E-state index in [1.807, 2.05) is 0 Å². The lowest BCUT2D eigenvalue weighted by Gasteiger charge is -2.28. The molecular formula is C13H21N3S. The van der Waals surface area contributed by atoms with Crippen LogP contribution in [0.5, 0.6) is 0 Å². The second kappa shape index (κ2) is 7.58. The van der Waals surface area contributed by atoms with Gasteiger partial charge in [0.15, 0.2) is 0 Å². The summed E-state index contributed by atoms with van der Waals surface area (Å²) in [6.45, 7) is 3.58. The number of piperidine rings is 1. The van der Waals surface area contributed by atoms with Crippen LogP contribution in [0.2, 0.25) is 0 Å². The van der Waals surface area contributed by atoms with Gasteiger partial charge in [-0.1, -0.05) is 30.1 Å². The number of nitrogens with zero attached hydrogens (tertiary/aromatic N) is 1. The number of rotatable bonds is 1. The van der Waals surface area contributed by atoms with E-state index >= 15 is 0 Å². The molecule has 2 fully saturated rings. The van der Waals surface area contributed by atoms with Crippen molar-refractivity contribution in [3.8, 4) is 0 Å². The lowest BCUT2D eigenvalue weighted by molar-refractivity contribution is 0.578. The third-order valence-corrected chi connectivity index (χ3v) is 3.65. The molecule has 0 spiro atoms. The van der Waals surface area contributed by atoms with Crippen molar-refractivity contribution in [2.75, 3.05) is 30.3 Å². The summed E-state index contributed by atoms with van der Waals surface area (Å²) in [5, 5.41) is 0. The van der Waals surface area contributed by atoms with Crippen molar-refractivity contribution >= 4 is 17.6 Å². The fraction of sp³-hybridized carbons (Fsp3) is 0.538. The molecule has 0 unspecified atom stereocenters. The van der Waals surface area contributed by atoms with Crippen molar-refractivity contribution in [2.24, 2.45) is 0 Å². The number of para-hydroxylation sites is 1. The van der Waals surface area contributed by atoms with E-state index < -0.39 is 0 Å². The Bertz CT molecular complexity index is 287. The zero-order chi connectivity index (χ0) is 11.8. The van der Waals surface area contributed by atoms with E-state index in [9.17, 15) is 0 Å². The van der Waals surface area contributed by atoms with Crippen LogP contribution in [0.3, 0.4) is 0 Å². The Labute approximate surface area is 108 Å². The van der Waals surface area contributed by atoms with Crippen LogP contribution >= 0.6 is 11.9 Å². The summed E-state index contributed by atoms with van der Waals surface area (Å²) in [7, 11) is 0. The summed E-state index contributed by atoms with van der Waals surface area (Å²) < 4.78 is 0. The van der Waals surface area contributed by atoms with Crippen LogP contribution in [0.1, 0.15) is 19.3 Å². The minimum absolute atomic E-state index is 1.10. The number of hydrogen-bond acceptors (Lipinski definition) is 4. The molecule has 3 nitrogen and oxygen atoms in total. The number of nitrogens with one attached hydrogen (secondary N) is 2. The molecular weight excluding hydrogens is 230 g/mol. The van der Waals surface area contributed by atoms with Gasteiger partial charge in [-0.15, -0.1) is 0 Å². The minimum Gasteiger partial charge on any atom is -0.372 e. The summed E-state index contributed by atoms with van der Waals surface area (Å²) in [5.41, 5.74) is 4.32. The lowest BCUT2D eigenvalue weighted by atomic mass is 10.1. The van der Waals surface area contributed by atoms with Crippen molar-refractivity contribution in [3.63, 3.8) is 0 Å². The van der Waals surface area contributed by atoms with Crippen LogP contribution < -0.4 is 15.2 Å². The molecule has 2 aliphatic heterocycles. The van der Waals surface area contributed by atoms with Crippen LogP contribution in [0.4, 0.5) is 5.69 Å². The van der Waals surface area contributed by atoms with Gasteiger partial charge >= 0.3 is 0 Å². The van der Waals surface area contributed by atoms with Gasteiger partial charge in [0.25, 0.3) is 0 Å². The molecule has 0 radical (unpaired) electrons. The molecule has 2 saturated heterocycles. The second-order valence-corrected chi connectivity index (χ2v) is 5.16. The predicted octanol–water partition coefficient (Wildman–Crippen LogP) is 2.42. The highest BCUT2D eigenvalue weighted by molar-refractivity contribution is 7.97. The highest BCUT2D eigenvalue weighted by Crippen LogP contribution is 2.18. The molecule has 0 bridgehead atoms. The molecule has 0 aromatic heterocycles. The Morgan fingerprint density at radius 2 is 1.76 bits per heavy atom. The maximum absolute atomic E-state index is 2.94. The maximum Gasteiger partial charge on any atom is 0.0366 e. The first-order valence-corrected chi connectivity index (χ1v) is 7.35.